The highest BCUT2D eigenvalue weighted by Crippen LogP contribution is 2.17. The van der Waals surface area contributed by atoms with E-state index in [0.717, 1.165) is 6.42 Å². The van der Waals surface area contributed by atoms with Crippen molar-refractivity contribution < 1.29 is 4.74 Å². The number of rotatable bonds is 4. The molecular formula is C9H13ClN2O2. The van der Waals surface area contributed by atoms with E-state index in [4.69, 9.17) is 16.3 Å². The number of nitrogens with zero attached hydrogens (tertiary/aromatic N) is 1. The van der Waals surface area contributed by atoms with Gasteiger partial charge in [0, 0.05) is 0 Å². The van der Waals surface area contributed by atoms with Crippen LogP contribution in [0, 0.1) is 5.92 Å². The Morgan fingerprint density at radius 1 is 1.64 bits per heavy atom. The van der Waals surface area contributed by atoms with E-state index in [9.17, 15) is 4.79 Å². The van der Waals surface area contributed by atoms with Crippen LogP contribution in [0.25, 0.3) is 0 Å². The molecule has 0 amide bonds. The molecule has 0 aliphatic carbocycles. The zero-order valence-corrected chi connectivity index (χ0v) is 8.97. The Labute approximate surface area is 87.2 Å². The van der Waals surface area contributed by atoms with E-state index in [2.05, 4.69) is 24.0 Å². The Morgan fingerprint density at radius 3 is 2.93 bits per heavy atom. The molecule has 0 bridgehead atoms. The summed E-state index contributed by atoms with van der Waals surface area (Å²) in [5, 5.41) is 6.05. The Balaban J connectivity index is 2.63. The third-order valence-corrected chi connectivity index (χ3v) is 1.98. The molecule has 0 aliphatic heterocycles. The average molecular weight is 217 g/mol. The lowest BCUT2D eigenvalue weighted by Crippen LogP contribution is -2.14. The molecule has 1 heterocycles. The fourth-order valence-corrected chi connectivity index (χ4v) is 1.09. The Hall–Kier alpha value is -1.03. The largest absolute Gasteiger partial charge is 0.487 e. The van der Waals surface area contributed by atoms with Crippen molar-refractivity contribution in [3.05, 3.63) is 21.6 Å². The standard InChI is InChI=1S/C9H13ClN2O2/c1-6(2)3-4-14-8-7(10)5-11-12-9(8)13/h5-6H,3-4H2,1-2H3,(H,12,13). The van der Waals surface area contributed by atoms with Crippen molar-refractivity contribution in [1.29, 1.82) is 0 Å². The van der Waals surface area contributed by atoms with E-state index in [1.165, 1.54) is 6.20 Å². The second kappa shape index (κ2) is 5.00. The molecule has 1 N–H and O–H groups in total. The predicted molar refractivity (Wildman–Crippen MR) is 54.8 cm³/mol. The van der Waals surface area contributed by atoms with Gasteiger partial charge in [0.2, 0.25) is 5.75 Å². The van der Waals surface area contributed by atoms with Crippen LogP contribution in [-0.4, -0.2) is 16.8 Å². The summed E-state index contributed by atoms with van der Waals surface area (Å²) in [6, 6.07) is 0. The van der Waals surface area contributed by atoms with Crippen molar-refractivity contribution in [2.45, 2.75) is 20.3 Å². The normalized spacial score (nSPS) is 10.6. The minimum Gasteiger partial charge on any atom is -0.487 e. The van der Waals surface area contributed by atoms with Gasteiger partial charge in [0.05, 0.1) is 12.8 Å². The van der Waals surface area contributed by atoms with Crippen LogP contribution in [-0.2, 0) is 0 Å². The molecule has 0 atom stereocenters. The molecule has 4 nitrogen and oxygen atoms in total. The van der Waals surface area contributed by atoms with Crippen molar-refractivity contribution in [3.8, 4) is 5.75 Å². The molecule has 0 saturated carbocycles. The Bertz CT molecular complexity index is 349. The molecule has 0 unspecified atom stereocenters. The van der Waals surface area contributed by atoms with Gasteiger partial charge in [-0.1, -0.05) is 25.4 Å². The number of hydrogen-bond acceptors (Lipinski definition) is 3. The van der Waals surface area contributed by atoms with E-state index in [-0.39, 0.29) is 16.3 Å². The van der Waals surface area contributed by atoms with Crippen LogP contribution in [0.4, 0.5) is 0 Å². The van der Waals surface area contributed by atoms with E-state index in [1.807, 2.05) is 0 Å². The quantitative estimate of drug-likeness (QED) is 0.836. The van der Waals surface area contributed by atoms with Gasteiger partial charge in [-0.15, -0.1) is 0 Å². The third-order valence-electron chi connectivity index (χ3n) is 1.71. The third kappa shape index (κ3) is 3.03. The van der Waals surface area contributed by atoms with Gasteiger partial charge in [-0.2, -0.15) is 5.10 Å². The van der Waals surface area contributed by atoms with Crippen LogP contribution >= 0.6 is 11.6 Å². The van der Waals surface area contributed by atoms with Gasteiger partial charge in [0.25, 0.3) is 0 Å². The molecule has 14 heavy (non-hydrogen) atoms. The summed E-state index contributed by atoms with van der Waals surface area (Å²) in [7, 11) is 0. The highest BCUT2D eigenvalue weighted by molar-refractivity contribution is 6.31. The smallest absolute Gasteiger partial charge is 0.308 e. The number of ether oxygens (including phenoxy) is 1. The maximum Gasteiger partial charge on any atom is 0.308 e. The first-order valence-corrected chi connectivity index (χ1v) is 4.85. The number of nitrogens with one attached hydrogen (secondary N) is 1. The summed E-state index contributed by atoms with van der Waals surface area (Å²) in [6.07, 6.45) is 2.24. The molecule has 0 aliphatic rings. The second-order valence-electron chi connectivity index (χ2n) is 3.41. The topological polar surface area (TPSA) is 55.0 Å². The van der Waals surface area contributed by atoms with E-state index < -0.39 is 0 Å². The highest BCUT2D eigenvalue weighted by atomic mass is 35.5. The number of aromatic nitrogens is 2. The summed E-state index contributed by atoms with van der Waals surface area (Å²) >= 11 is 5.74. The summed E-state index contributed by atoms with van der Waals surface area (Å²) in [5.74, 6) is 0.692. The van der Waals surface area contributed by atoms with Crippen LogP contribution in [0.1, 0.15) is 20.3 Å². The first-order valence-electron chi connectivity index (χ1n) is 4.47. The van der Waals surface area contributed by atoms with Crippen LogP contribution in [0.3, 0.4) is 0 Å². The lowest BCUT2D eigenvalue weighted by Gasteiger charge is -2.07. The van der Waals surface area contributed by atoms with Crippen molar-refractivity contribution in [2.24, 2.45) is 5.92 Å². The lowest BCUT2D eigenvalue weighted by atomic mass is 10.1. The minimum absolute atomic E-state index is 0.155. The molecule has 0 radical (unpaired) electrons. The van der Waals surface area contributed by atoms with Crippen molar-refractivity contribution in [1.82, 2.24) is 10.2 Å². The zero-order chi connectivity index (χ0) is 10.6. The summed E-state index contributed by atoms with van der Waals surface area (Å²) in [6.45, 7) is 4.66. The molecule has 1 aromatic heterocycles. The van der Waals surface area contributed by atoms with Crippen molar-refractivity contribution >= 4 is 11.6 Å². The van der Waals surface area contributed by atoms with Gasteiger partial charge < -0.3 is 4.74 Å². The first kappa shape index (κ1) is 11.0. The molecule has 78 valence electrons. The van der Waals surface area contributed by atoms with Crippen molar-refractivity contribution in [2.75, 3.05) is 6.61 Å². The molecule has 0 fully saturated rings. The summed E-state index contributed by atoms with van der Waals surface area (Å²) < 4.78 is 5.26. The highest BCUT2D eigenvalue weighted by Gasteiger charge is 2.06. The van der Waals surface area contributed by atoms with Gasteiger partial charge >= 0.3 is 5.56 Å². The second-order valence-corrected chi connectivity index (χ2v) is 3.81. The van der Waals surface area contributed by atoms with E-state index in [1.54, 1.807) is 0 Å². The zero-order valence-electron chi connectivity index (χ0n) is 8.21. The molecule has 0 aromatic carbocycles. The molecule has 5 heteroatoms. The average Bonchev–Trinajstić information content (AvgIpc) is 2.09. The van der Waals surface area contributed by atoms with E-state index in [0.29, 0.717) is 12.5 Å². The number of aromatic amines is 1. The fraction of sp³-hybridized carbons (Fsp3) is 0.556. The Kier molecular flexibility index (Phi) is 3.95. The maximum absolute atomic E-state index is 11.2. The van der Waals surface area contributed by atoms with E-state index >= 15 is 0 Å². The SMILES string of the molecule is CC(C)CCOc1c(Cl)cn[nH]c1=O. The number of hydrogen-bond donors (Lipinski definition) is 1. The minimum atomic E-state index is -0.388. The van der Waals surface area contributed by atoms with Crippen molar-refractivity contribution in [3.63, 3.8) is 0 Å². The number of halogens is 1. The van der Waals surface area contributed by atoms with Gasteiger partial charge in [-0.05, 0) is 12.3 Å². The molecule has 0 spiro atoms. The lowest BCUT2D eigenvalue weighted by molar-refractivity contribution is 0.285. The maximum atomic E-state index is 11.2. The van der Waals surface area contributed by atoms with Crippen LogP contribution in [0.15, 0.2) is 11.0 Å². The summed E-state index contributed by atoms with van der Waals surface area (Å²) in [4.78, 5) is 11.2. The van der Waals surface area contributed by atoms with Crippen LogP contribution in [0.2, 0.25) is 5.02 Å². The van der Waals surface area contributed by atoms with Gasteiger partial charge in [0.1, 0.15) is 5.02 Å². The molecular weight excluding hydrogens is 204 g/mol. The fourth-order valence-electron chi connectivity index (χ4n) is 0.897. The van der Waals surface area contributed by atoms with Gasteiger partial charge in [0.15, 0.2) is 0 Å². The van der Waals surface area contributed by atoms with Gasteiger partial charge in [-0.25, -0.2) is 5.10 Å². The van der Waals surface area contributed by atoms with Gasteiger partial charge in [-0.3, -0.25) is 4.79 Å². The Morgan fingerprint density at radius 2 is 2.36 bits per heavy atom. The van der Waals surface area contributed by atoms with Crippen LogP contribution in [0.5, 0.6) is 5.75 Å². The number of H-pyrrole nitrogens is 1. The molecule has 1 aromatic rings. The first-order chi connectivity index (χ1) is 6.61. The van der Waals surface area contributed by atoms with Crippen LogP contribution < -0.4 is 10.3 Å². The predicted octanol–water partition coefficient (Wildman–Crippen LogP) is 1.85. The summed E-state index contributed by atoms with van der Waals surface area (Å²) in [5.41, 5.74) is -0.388. The molecule has 0 saturated heterocycles. The molecule has 1 rings (SSSR count). The monoisotopic (exact) mass is 216 g/mol.